The van der Waals surface area contributed by atoms with Crippen molar-refractivity contribution in [2.75, 3.05) is 34.7 Å². The summed E-state index contributed by atoms with van der Waals surface area (Å²) < 4.78 is 21.4. The average molecular weight is 615 g/mol. The van der Waals surface area contributed by atoms with Gasteiger partial charge in [0, 0.05) is 27.7 Å². The van der Waals surface area contributed by atoms with E-state index in [9.17, 15) is 33.6 Å². The highest BCUT2D eigenvalue weighted by atomic mass is 16.6. The summed E-state index contributed by atoms with van der Waals surface area (Å²) in [5, 5.41) is 0. The van der Waals surface area contributed by atoms with Crippen LogP contribution >= 0.6 is 0 Å². The number of carbonyl (C=O) groups excluding carboxylic acids is 7. The monoisotopic (exact) mass is 614 g/mol. The number of hydrogen-bond acceptors (Lipinski definition) is 12. The van der Waals surface area contributed by atoms with Crippen molar-refractivity contribution in [3.8, 4) is 0 Å². The maximum Gasteiger partial charge on any atom is 0.329 e. The fourth-order valence-corrected chi connectivity index (χ4v) is 3.95. The number of ether oxygens (including phenoxy) is 4. The minimum Gasteiger partial charge on any atom is -0.460 e. The molecule has 0 saturated carbocycles. The molecule has 8 atom stereocenters. The van der Waals surface area contributed by atoms with Gasteiger partial charge in [-0.3, -0.25) is 24.1 Å². The van der Waals surface area contributed by atoms with Crippen molar-refractivity contribution < 1.29 is 52.5 Å². The molecule has 0 aliphatic carbocycles. The zero-order chi connectivity index (χ0) is 33.5. The highest BCUT2D eigenvalue weighted by molar-refractivity contribution is 5.92. The van der Waals surface area contributed by atoms with E-state index in [0.717, 1.165) is 14.7 Å². The highest BCUT2D eigenvalue weighted by Crippen LogP contribution is 2.13. The van der Waals surface area contributed by atoms with Crippen molar-refractivity contribution in [3.63, 3.8) is 0 Å². The Morgan fingerprint density at radius 3 is 1.00 bits per heavy atom. The fraction of sp³-hybridized carbons (Fsp3) is 0.750. The molecule has 0 aromatic heterocycles. The van der Waals surface area contributed by atoms with E-state index >= 15 is 0 Å². The largest absolute Gasteiger partial charge is 0.460 e. The molecule has 0 radical (unpaired) electrons. The van der Waals surface area contributed by atoms with Crippen LogP contribution < -0.4 is 0 Å². The number of carbonyl (C=O) groups is 7. The second kappa shape index (κ2) is 15.6. The zero-order valence-electron chi connectivity index (χ0n) is 27.1. The first-order chi connectivity index (χ1) is 19.7. The van der Waals surface area contributed by atoms with Crippen molar-refractivity contribution in [2.24, 2.45) is 0 Å². The third-order valence-electron chi connectivity index (χ3n) is 7.60. The summed E-state index contributed by atoms with van der Waals surface area (Å²) in [5.41, 5.74) is 0. The lowest BCUT2D eigenvalue weighted by atomic mass is 10.2. The maximum absolute atomic E-state index is 12.9. The lowest BCUT2D eigenvalue weighted by Crippen LogP contribution is -2.51. The second-order valence-corrected chi connectivity index (χ2v) is 11.0. The van der Waals surface area contributed by atoms with E-state index in [4.69, 9.17) is 18.9 Å². The van der Waals surface area contributed by atoms with Gasteiger partial charge < -0.3 is 33.6 Å². The van der Waals surface area contributed by atoms with Crippen LogP contribution in [-0.2, 0) is 52.5 Å². The number of esters is 4. The first kappa shape index (κ1) is 37.3. The van der Waals surface area contributed by atoms with Crippen molar-refractivity contribution in [1.82, 2.24) is 19.6 Å². The van der Waals surface area contributed by atoms with E-state index in [2.05, 4.69) is 0 Å². The maximum atomic E-state index is 12.9. The molecule has 1 aliphatic rings. The molecule has 8 unspecified atom stereocenters. The van der Waals surface area contributed by atoms with Gasteiger partial charge in [-0.05, 0) is 62.4 Å². The summed E-state index contributed by atoms with van der Waals surface area (Å²) in [5.74, 6) is -5.35. The molecular weight excluding hydrogens is 568 g/mol. The third-order valence-corrected chi connectivity index (χ3v) is 7.60. The predicted molar refractivity (Wildman–Crippen MR) is 151 cm³/mol. The van der Waals surface area contributed by atoms with Gasteiger partial charge in [0.25, 0.3) is 17.7 Å². The van der Waals surface area contributed by atoms with Crippen molar-refractivity contribution in [1.29, 1.82) is 0 Å². The molecule has 1 fully saturated rings. The topological polar surface area (TPSA) is 169 Å². The Hall–Kier alpha value is -3.75. The van der Waals surface area contributed by atoms with Gasteiger partial charge in [-0.2, -0.15) is 0 Å². The number of amides is 3. The molecule has 1 rings (SSSR count). The van der Waals surface area contributed by atoms with Crippen LogP contribution in [0.15, 0.2) is 0 Å². The molecule has 0 N–H and O–H groups in total. The number of cyclic esters (lactones) is 4. The molecule has 15 heteroatoms. The summed E-state index contributed by atoms with van der Waals surface area (Å²) in [7, 11) is 5.58. The van der Waals surface area contributed by atoms with Gasteiger partial charge in [-0.1, -0.05) is 0 Å². The van der Waals surface area contributed by atoms with E-state index in [1.54, 1.807) is 25.8 Å². The summed E-state index contributed by atoms with van der Waals surface area (Å²) in [6, 6.07) is -4.19. The van der Waals surface area contributed by atoms with Crippen molar-refractivity contribution >= 4 is 41.6 Å². The lowest BCUT2D eigenvalue weighted by Gasteiger charge is -2.31. The van der Waals surface area contributed by atoms with Crippen LogP contribution in [0.2, 0.25) is 0 Å². The van der Waals surface area contributed by atoms with Crippen LogP contribution in [0.25, 0.3) is 0 Å². The molecule has 0 spiro atoms. The molecule has 244 valence electrons. The molecule has 0 aromatic carbocycles. The van der Waals surface area contributed by atoms with E-state index in [1.165, 1.54) is 62.7 Å². The molecule has 43 heavy (non-hydrogen) atoms. The lowest BCUT2D eigenvalue weighted by molar-refractivity contribution is -0.172. The smallest absolute Gasteiger partial charge is 0.329 e. The van der Waals surface area contributed by atoms with Gasteiger partial charge >= 0.3 is 23.9 Å². The van der Waals surface area contributed by atoms with Crippen LogP contribution in [0.1, 0.15) is 55.4 Å². The summed E-state index contributed by atoms with van der Waals surface area (Å²) in [4.78, 5) is 94.6. The zero-order valence-corrected chi connectivity index (χ0v) is 27.1. The van der Waals surface area contributed by atoms with Crippen LogP contribution in [0.4, 0.5) is 0 Å². The SMILES string of the molecule is CC1CN(C)C(C)C(=O)OC(C)C(=O)N(C)C(C)C(=O)OC(C)C(=O)N(C)C(C)C(=O)OC(C)C(=O)N(C)C(C)C(=O)O1. The molecule has 0 aromatic rings. The van der Waals surface area contributed by atoms with Crippen molar-refractivity contribution in [3.05, 3.63) is 0 Å². The Morgan fingerprint density at radius 2 is 0.698 bits per heavy atom. The third kappa shape index (κ3) is 9.63. The molecular formula is C28H46N4O11. The fourth-order valence-electron chi connectivity index (χ4n) is 3.95. The second-order valence-electron chi connectivity index (χ2n) is 11.0. The quantitative estimate of drug-likeness (QED) is 0.256. The first-order valence-corrected chi connectivity index (χ1v) is 14.0. The Labute approximate surface area is 252 Å². The Bertz CT molecular complexity index is 1080. The average Bonchev–Trinajstić information content (AvgIpc) is 2.95. The summed E-state index contributed by atoms with van der Waals surface area (Å²) >= 11 is 0. The number of rotatable bonds is 0. The van der Waals surface area contributed by atoms with Gasteiger partial charge in [0.15, 0.2) is 18.3 Å². The minimum atomic E-state index is -1.34. The number of nitrogens with zero attached hydrogens (tertiary/aromatic N) is 4. The number of hydrogen-bond donors (Lipinski definition) is 0. The normalized spacial score (nSPS) is 32.9. The van der Waals surface area contributed by atoms with Gasteiger partial charge in [0.1, 0.15) is 30.3 Å². The molecule has 15 nitrogen and oxygen atoms in total. The van der Waals surface area contributed by atoms with Gasteiger partial charge in [-0.15, -0.1) is 0 Å². The van der Waals surface area contributed by atoms with Crippen LogP contribution in [0.5, 0.6) is 0 Å². The van der Waals surface area contributed by atoms with Gasteiger partial charge in [0.2, 0.25) is 0 Å². The Morgan fingerprint density at radius 1 is 0.442 bits per heavy atom. The summed E-state index contributed by atoms with van der Waals surface area (Å²) in [6.07, 6.45) is -4.59. The minimum absolute atomic E-state index is 0.119. The summed E-state index contributed by atoms with van der Waals surface area (Å²) in [6.45, 7) is 11.5. The predicted octanol–water partition coefficient (Wildman–Crippen LogP) is -0.412. The molecule has 3 amide bonds. The highest BCUT2D eigenvalue weighted by Gasteiger charge is 2.36. The van der Waals surface area contributed by atoms with Gasteiger partial charge in [-0.25, -0.2) is 14.4 Å². The molecule has 1 heterocycles. The van der Waals surface area contributed by atoms with Crippen LogP contribution in [-0.4, -0.2) is 145 Å². The molecule has 1 aliphatic heterocycles. The van der Waals surface area contributed by atoms with Gasteiger partial charge in [0.05, 0.1) is 0 Å². The molecule has 1 saturated heterocycles. The first-order valence-electron chi connectivity index (χ1n) is 14.0. The Balaban J connectivity index is 3.30. The van der Waals surface area contributed by atoms with E-state index in [0.29, 0.717) is 0 Å². The van der Waals surface area contributed by atoms with Crippen LogP contribution in [0, 0.1) is 0 Å². The van der Waals surface area contributed by atoms with E-state index < -0.39 is 90.2 Å². The Kier molecular flexibility index (Phi) is 13.6. The van der Waals surface area contributed by atoms with E-state index in [-0.39, 0.29) is 6.54 Å². The van der Waals surface area contributed by atoms with Crippen LogP contribution in [0.3, 0.4) is 0 Å². The molecule has 0 bridgehead atoms. The number of likely N-dealkylation sites (N-methyl/N-ethyl adjacent to an activating group) is 4. The standard InChI is InChI=1S/C28H46N4O11/c1-14-13-29(9)15(2)25(36)41-19(6)22(33)31(11)17(4)27(38)43-21(8)24(35)32(12)18(5)28(39)42-20(7)23(34)30(10)16(3)26(37)40-14/h14-21H,13H2,1-12H3. The van der Waals surface area contributed by atoms with Crippen molar-refractivity contribution in [2.45, 2.75) is 104 Å². The van der Waals surface area contributed by atoms with E-state index in [1.807, 2.05) is 0 Å².